The molecule has 7 nitrogen and oxygen atoms in total. The number of rotatable bonds is 5. The second kappa shape index (κ2) is 6.81. The van der Waals surface area contributed by atoms with Crippen LogP contribution in [0.3, 0.4) is 0 Å². The van der Waals surface area contributed by atoms with E-state index in [0.717, 1.165) is 11.8 Å². The third kappa shape index (κ3) is 4.34. The molecule has 0 saturated heterocycles. The normalized spacial score (nSPS) is 12.7. The Labute approximate surface area is 149 Å². The van der Waals surface area contributed by atoms with Crippen molar-refractivity contribution in [3.05, 3.63) is 52.5 Å². The summed E-state index contributed by atoms with van der Waals surface area (Å²) in [6.07, 6.45) is 1.07. The van der Waals surface area contributed by atoms with Crippen LogP contribution in [0.25, 0.3) is 0 Å². The van der Waals surface area contributed by atoms with Gasteiger partial charge >= 0.3 is 0 Å². The van der Waals surface area contributed by atoms with Gasteiger partial charge in [-0.05, 0) is 29.8 Å². The van der Waals surface area contributed by atoms with E-state index in [0.29, 0.717) is 27.8 Å². The molecule has 0 aliphatic carbocycles. The predicted octanol–water partition coefficient (Wildman–Crippen LogP) is 2.37. The molecular formula is C16H15ClN2O5S. The summed E-state index contributed by atoms with van der Waals surface area (Å²) in [5.41, 5.74) is 1.52. The lowest BCUT2D eigenvalue weighted by Crippen LogP contribution is -2.22. The molecule has 0 saturated carbocycles. The summed E-state index contributed by atoms with van der Waals surface area (Å²) in [5, 5.41) is 3.06. The van der Waals surface area contributed by atoms with Gasteiger partial charge in [0, 0.05) is 17.8 Å². The van der Waals surface area contributed by atoms with Crippen molar-refractivity contribution in [3.63, 3.8) is 0 Å². The van der Waals surface area contributed by atoms with Crippen molar-refractivity contribution in [3.8, 4) is 11.5 Å². The van der Waals surface area contributed by atoms with Crippen LogP contribution in [0.15, 0.2) is 36.4 Å². The summed E-state index contributed by atoms with van der Waals surface area (Å²) in [6, 6.07) is 9.82. The van der Waals surface area contributed by atoms with Crippen LogP contribution in [0.4, 0.5) is 5.69 Å². The van der Waals surface area contributed by atoms with Crippen molar-refractivity contribution in [2.45, 2.75) is 6.54 Å². The lowest BCUT2D eigenvalue weighted by Gasteiger charge is -2.09. The molecular weight excluding hydrogens is 368 g/mol. The van der Waals surface area contributed by atoms with Gasteiger partial charge in [-0.25, -0.2) is 8.42 Å². The Bertz CT molecular complexity index is 930. The van der Waals surface area contributed by atoms with Crippen LogP contribution >= 0.6 is 11.6 Å². The topological polar surface area (TPSA) is 93.7 Å². The van der Waals surface area contributed by atoms with Gasteiger partial charge in [-0.3, -0.25) is 9.52 Å². The maximum atomic E-state index is 12.3. The maximum Gasteiger partial charge on any atom is 0.251 e. The zero-order chi connectivity index (χ0) is 18.0. The number of carbonyl (C=O) groups excluding carboxylic acids is 1. The molecule has 2 aromatic carbocycles. The van der Waals surface area contributed by atoms with E-state index in [2.05, 4.69) is 10.0 Å². The fraction of sp³-hybridized carbons (Fsp3) is 0.188. The van der Waals surface area contributed by atoms with Gasteiger partial charge in [-0.1, -0.05) is 23.7 Å². The van der Waals surface area contributed by atoms with Crippen molar-refractivity contribution in [2.24, 2.45) is 0 Å². The average molecular weight is 383 g/mol. The zero-order valence-electron chi connectivity index (χ0n) is 13.2. The predicted molar refractivity (Wildman–Crippen MR) is 93.7 cm³/mol. The average Bonchev–Trinajstić information content (AvgIpc) is 3.00. The Hall–Kier alpha value is -2.45. The van der Waals surface area contributed by atoms with Crippen LogP contribution in [0.5, 0.6) is 11.5 Å². The number of hydrogen-bond acceptors (Lipinski definition) is 5. The molecule has 3 rings (SSSR count). The standard InChI is InChI=1S/C16H15ClN2O5S/c1-25(21,22)19-12-4-2-3-10(5-12)8-18-16(20)11-6-13(17)15-14(7-11)23-9-24-15/h2-7,19H,8-9H2,1H3,(H,18,20). The zero-order valence-corrected chi connectivity index (χ0v) is 14.8. The second-order valence-electron chi connectivity index (χ2n) is 5.45. The molecule has 0 unspecified atom stereocenters. The first-order valence-corrected chi connectivity index (χ1v) is 9.53. The van der Waals surface area contributed by atoms with Gasteiger partial charge < -0.3 is 14.8 Å². The highest BCUT2D eigenvalue weighted by Crippen LogP contribution is 2.39. The van der Waals surface area contributed by atoms with E-state index < -0.39 is 10.0 Å². The minimum Gasteiger partial charge on any atom is -0.454 e. The number of benzene rings is 2. The van der Waals surface area contributed by atoms with E-state index in [4.69, 9.17) is 21.1 Å². The van der Waals surface area contributed by atoms with Crippen LogP contribution in [0.1, 0.15) is 15.9 Å². The van der Waals surface area contributed by atoms with E-state index in [1.807, 2.05) is 0 Å². The second-order valence-corrected chi connectivity index (χ2v) is 7.60. The minimum absolute atomic E-state index is 0.0697. The van der Waals surface area contributed by atoms with E-state index in [-0.39, 0.29) is 19.2 Å². The van der Waals surface area contributed by atoms with Crippen LogP contribution < -0.4 is 19.5 Å². The number of carbonyl (C=O) groups is 1. The SMILES string of the molecule is CS(=O)(=O)Nc1cccc(CNC(=O)c2cc(Cl)c3c(c2)OCO3)c1. The largest absolute Gasteiger partial charge is 0.454 e. The summed E-state index contributed by atoms with van der Waals surface area (Å²) in [6.45, 7) is 0.296. The summed E-state index contributed by atoms with van der Waals surface area (Å²) in [4.78, 5) is 12.3. The molecule has 9 heteroatoms. The number of sulfonamides is 1. The number of fused-ring (bicyclic) bond motifs is 1. The molecule has 0 fully saturated rings. The molecule has 0 atom stereocenters. The molecule has 0 aromatic heterocycles. The molecule has 0 radical (unpaired) electrons. The van der Waals surface area contributed by atoms with Gasteiger partial charge in [-0.2, -0.15) is 0 Å². The summed E-state index contributed by atoms with van der Waals surface area (Å²) >= 11 is 6.07. The Morgan fingerprint density at radius 2 is 2.04 bits per heavy atom. The molecule has 1 aliphatic heterocycles. The van der Waals surface area contributed by atoms with Gasteiger partial charge in [0.1, 0.15) is 0 Å². The molecule has 0 spiro atoms. The summed E-state index contributed by atoms with van der Waals surface area (Å²) < 4.78 is 35.4. The monoisotopic (exact) mass is 382 g/mol. The van der Waals surface area contributed by atoms with Crippen LogP contribution in [0.2, 0.25) is 5.02 Å². The number of ether oxygens (including phenoxy) is 2. The third-order valence-corrected chi connectivity index (χ3v) is 4.26. The van der Waals surface area contributed by atoms with E-state index in [9.17, 15) is 13.2 Å². The molecule has 0 bridgehead atoms. The number of amides is 1. The Morgan fingerprint density at radius 3 is 2.80 bits per heavy atom. The molecule has 1 amide bonds. The van der Waals surface area contributed by atoms with Crippen molar-refractivity contribution >= 4 is 33.2 Å². The van der Waals surface area contributed by atoms with E-state index in [1.165, 1.54) is 6.07 Å². The Morgan fingerprint density at radius 1 is 1.24 bits per heavy atom. The number of halogens is 1. The summed E-state index contributed by atoms with van der Waals surface area (Å²) in [7, 11) is -3.36. The highest BCUT2D eigenvalue weighted by atomic mass is 35.5. The molecule has 1 heterocycles. The van der Waals surface area contributed by atoms with Crippen LogP contribution in [-0.2, 0) is 16.6 Å². The number of anilines is 1. The summed E-state index contributed by atoms with van der Waals surface area (Å²) in [5.74, 6) is 0.524. The molecule has 2 N–H and O–H groups in total. The van der Waals surface area contributed by atoms with Crippen LogP contribution in [-0.4, -0.2) is 27.4 Å². The Kier molecular flexibility index (Phi) is 4.73. The van der Waals surface area contributed by atoms with Crippen LogP contribution in [0, 0.1) is 0 Å². The number of hydrogen-bond donors (Lipinski definition) is 2. The first kappa shape index (κ1) is 17.4. The quantitative estimate of drug-likeness (QED) is 0.828. The van der Waals surface area contributed by atoms with E-state index >= 15 is 0 Å². The van der Waals surface area contributed by atoms with E-state index in [1.54, 1.807) is 30.3 Å². The van der Waals surface area contributed by atoms with Gasteiger partial charge in [0.05, 0.1) is 11.3 Å². The smallest absolute Gasteiger partial charge is 0.251 e. The van der Waals surface area contributed by atoms with Crippen molar-refractivity contribution < 1.29 is 22.7 Å². The van der Waals surface area contributed by atoms with Crippen molar-refractivity contribution in [1.29, 1.82) is 0 Å². The number of nitrogens with one attached hydrogen (secondary N) is 2. The molecule has 2 aromatic rings. The minimum atomic E-state index is -3.36. The first-order chi connectivity index (χ1) is 11.8. The lowest BCUT2D eigenvalue weighted by atomic mass is 10.1. The lowest BCUT2D eigenvalue weighted by molar-refractivity contribution is 0.0950. The molecule has 1 aliphatic rings. The highest BCUT2D eigenvalue weighted by Gasteiger charge is 2.20. The van der Waals surface area contributed by atoms with Gasteiger partial charge in [0.2, 0.25) is 16.8 Å². The van der Waals surface area contributed by atoms with Gasteiger partial charge in [0.25, 0.3) is 5.91 Å². The molecule has 132 valence electrons. The molecule has 25 heavy (non-hydrogen) atoms. The van der Waals surface area contributed by atoms with Gasteiger partial charge in [-0.15, -0.1) is 0 Å². The Balaban J connectivity index is 1.69. The maximum absolute atomic E-state index is 12.3. The highest BCUT2D eigenvalue weighted by molar-refractivity contribution is 7.92. The first-order valence-electron chi connectivity index (χ1n) is 7.26. The van der Waals surface area contributed by atoms with Gasteiger partial charge in [0.15, 0.2) is 11.5 Å². The van der Waals surface area contributed by atoms with Crippen molar-refractivity contribution in [2.75, 3.05) is 17.8 Å². The fourth-order valence-corrected chi connectivity index (χ4v) is 3.16. The fourth-order valence-electron chi connectivity index (χ4n) is 2.34. The van der Waals surface area contributed by atoms with Crippen molar-refractivity contribution in [1.82, 2.24) is 5.32 Å². The third-order valence-electron chi connectivity index (χ3n) is 3.37.